The molecular weight excluding hydrogens is 322 g/mol. The molecule has 0 unspecified atom stereocenters. The van der Waals surface area contributed by atoms with Gasteiger partial charge < -0.3 is 4.74 Å². The van der Waals surface area contributed by atoms with E-state index in [4.69, 9.17) is 11.6 Å². The van der Waals surface area contributed by atoms with E-state index in [1.54, 1.807) is 11.4 Å². The molecule has 1 heterocycles. The van der Waals surface area contributed by atoms with E-state index in [1.807, 2.05) is 0 Å². The Kier molecular flexibility index (Phi) is 4.32. The van der Waals surface area contributed by atoms with E-state index in [-0.39, 0.29) is 15.5 Å². The molecule has 106 valence electrons. The van der Waals surface area contributed by atoms with Crippen LogP contribution in [0.15, 0.2) is 40.6 Å². The van der Waals surface area contributed by atoms with Crippen LogP contribution in [0.2, 0.25) is 5.02 Å². The summed E-state index contributed by atoms with van der Waals surface area (Å²) in [5.74, 6) is -0.594. The summed E-state index contributed by atoms with van der Waals surface area (Å²) in [7, 11) is -2.57. The van der Waals surface area contributed by atoms with E-state index in [1.165, 1.54) is 31.4 Å². The van der Waals surface area contributed by atoms with Gasteiger partial charge in [-0.05, 0) is 29.6 Å². The van der Waals surface area contributed by atoms with Crippen molar-refractivity contribution in [3.63, 3.8) is 0 Å². The predicted molar refractivity (Wildman–Crippen MR) is 77.9 cm³/mol. The van der Waals surface area contributed by atoms with Crippen molar-refractivity contribution in [3.8, 4) is 0 Å². The lowest BCUT2D eigenvalue weighted by Crippen LogP contribution is -2.14. The van der Waals surface area contributed by atoms with Crippen LogP contribution in [0, 0.1) is 0 Å². The molecule has 2 aromatic rings. The zero-order valence-corrected chi connectivity index (χ0v) is 12.7. The first-order chi connectivity index (χ1) is 9.44. The van der Waals surface area contributed by atoms with Crippen molar-refractivity contribution in [1.29, 1.82) is 0 Å². The minimum atomic E-state index is -3.81. The summed E-state index contributed by atoms with van der Waals surface area (Å²) in [6.07, 6.45) is 0. The number of nitrogens with one attached hydrogen (secondary N) is 1. The lowest BCUT2D eigenvalue weighted by molar-refractivity contribution is 0.0607. The molecule has 0 amide bonds. The molecule has 1 aromatic carbocycles. The maximum absolute atomic E-state index is 12.2. The first-order valence-electron chi connectivity index (χ1n) is 5.38. The van der Waals surface area contributed by atoms with Gasteiger partial charge in [0.1, 0.15) is 4.88 Å². The van der Waals surface area contributed by atoms with Gasteiger partial charge in [-0.25, -0.2) is 13.2 Å². The number of anilines is 1. The number of rotatable bonds is 4. The number of sulfonamides is 1. The molecule has 8 heteroatoms. The molecule has 0 saturated carbocycles. The van der Waals surface area contributed by atoms with E-state index in [2.05, 4.69) is 9.46 Å². The van der Waals surface area contributed by atoms with Crippen LogP contribution in [-0.4, -0.2) is 21.5 Å². The zero-order valence-electron chi connectivity index (χ0n) is 10.3. The second kappa shape index (κ2) is 5.82. The van der Waals surface area contributed by atoms with Crippen molar-refractivity contribution < 1.29 is 17.9 Å². The molecule has 0 saturated heterocycles. The normalized spacial score (nSPS) is 11.1. The highest BCUT2D eigenvalue weighted by Crippen LogP contribution is 2.26. The number of benzene rings is 1. The Morgan fingerprint density at radius 2 is 2.10 bits per heavy atom. The number of hydrogen-bond acceptors (Lipinski definition) is 5. The van der Waals surface area contributed by atoms with E-state index in [0.717, 1.165) is 11.3 Å². The molecule has 1 aromatic heterocycles. The number of thiophene rings is 1. The predicted octanol–water partition coefficient (Wildman–Crippen LogP) is 2.99. The molecule has 5 nitrogen and oxygen atoms in total. The van der Waals surface area contributed by atoms with Crippen LogP contribution in [0.3, 0.4) is 0 Å². The smallest absolute Gasteiger partial charge is 0.350 e. The quantitative estimate of drug-likeness (QED) is 0.874. The topological polar surface area (TPSA) is 72.5 Å². The molecule has 0 bridgehead atoms. The van der Waals surface area contributed by atoms with Crippen molar-refractivity contribution in [2.45, 2.75) is 4.90 Å². The number of ether oxygens (including phenoxy) is 1. The molecule has 0 aliphatic heterocycles. The van der Waals surface area contributed by atoms with Gasteiger partial charge in [0.2, 0.25) is 0 Å². The fraction of sp³-hybridized carbons (Fsp3) is 0.0833. The SMILES string of the molecule is COC(=O)c1sccc1NS(=O)(=O)c1cccc(Cl)c1. The Bertz CT molecular complexity index is 739. The van der Waals surface area contributed by atoms with Crippen molar-refractivity contribution in [3.05, 3.63) is 45.6 Å². The number of esters is 1. The molecule has 2 rings (SSSR count). The maximum atomic E-state index is 12.2. The molecule has 0 fully saturated rings. The average molecular weight is 332 g/mol. The highest BCUT2D eigenvalue weighted by molar-refractivity contribution is 7.92. The first-order valence-corrected chi connectivity index (χ1v) is 8.12. The van der Waals surface area contributed by atoms with Gasteiger partial charge in [0.25, 0.3) is 10.0 Å². The minimum absolute atomic E-state index is 0.0204. The highest BCUT2D eigenvalue weighted by atomic mass is 35.5. The summed E-state index contributed by atoms with van der Waals surface area (Å²) in [5, 5.41) is 1.91. The first kappa shape index (κ1) is 14.8. The molecular formula is C12H10ClNO4S2. The third kappa shape index (κ3) is 3.12. The summed E-state index contributed by atoms with van der Waals surface area (Å²) < 4.78 is 31.3. The monoisotopic (exact) mass is 331 g/mol. The number of carbonyl (C=O) groups excluding carboxylic acids is 1. The van der Waals surface area contributed by atoms with Crippen molar-refractivity contribution in [2.24, 2.45) is 0 Å². The van der Waals surface area contributed by atoms with Crippen LogP contribution < -0.4 is 4.72 Å². The number of halogens is 1. The lowest BCUT2D eigenvalue weighted by atomic mass is 10.4. The van der Waals surface area contributed by atoms with Crippen LogP contribution in [0.1, 0.15) is 9.67 Å². The summed E-state index contributed by atoms with van der Waals surface area (Å²) in [5.41, 5.74) is 0.182. The third-order valence-electron chi connectivity index (χ3n) is 2.39. The fourth-order valence-electron chi connectivity index (χ4n) is 1.48. The van der Waals surface area contributed by atoms with Gasteiger partial charge in [-0.2, -0.15) is 0 Å². The Labute approximate surface area is 125 Å². The second-order valence-corrected chi connectivity index (χ2v) is 6.75. The Hall–Kier alpha value is -1.57. The van der Waals surface area contributed by atoms with Crippen LogP contribution in [0.25, 0.3) is 0 Å². The molecule has 0 aliphatic rings. The Morgan fingerprint density at radius 1 is 1.35 bits per heavy atom. The third-order valence-corrected chi connectivity index (χ3v) is 4.88. The number of hydrogen-bond donors (Lipinski definition) is 1. The largest absolute Gasteiger partial charge is 0.465 e. The maximum Gasteiger partial charge on any atom is 0.350 e. The van der Waals surface area contributed by atoms with Crippen LogP contribution in [-0.2, 0) is 14.8 Å². The van der Waals surface area contributed by atoms with Gasteiger partial charge >= 0.3 is 5.97 Å². The number of methoxy groups -OCH3 is 1. The van der Waals surface area contributed by atoms with E-state index < -0.39 is 16.0 Å². The average Bonchev–Trinajstić information content (AvgIpc) is 2.85. The van der Waals surface area contributed by atoms with Gasteiger partial charge in [0.15, 0.2) is 0 Å². The van der Waals surface area contributed by atoms with E-state index >= 15 is 0 Å². The molecule has 0 atom stereocenters. The summed E-state index contributed by atoms with van der Waals surface area (Å²) in [4.78, 5) is 11.7. The number of carbonyl (C=O) groups is 1. The molecule has 0 spiro atoms. The van der Waals surface area contributed by atoms with Gasteiger partial charge in [0.05, 0.1) is 17.7 Å². The molecule has 1 N–H and O–H groups in total. The van der Waals surface area contributed by atoms with Crippen LogP contribution in [0.5, 0.6) is 0 Å². The van der Waals surface area contributed by atoms with Gasteiger partial charge in [0, 0.05) is 5.02 Å². The Balaban J connectivity index is 2.34. The Morgan fingerprint density at radius 3 is 2.75 bits per heavy atom. The molecule has 20 heavy (non-hydrogen) atoms. The highest BCUT2D eigenvalue weighted by Gasteiger charge is 2.20. The van der Waals surface area contributed by atoms with Crippen LogP contribution >= 0.6 is 22.9 Å². The van der Waals surface area contributed by atoms with Gasteiger partial charge in [-0.3, -0.25) is 4.72 Å². The lowest BCUT2D eigenvalue weighted by Gasteiger charge is -2.08. The van der Waals surface area contributed by atoms with Crippen molar-refractivity contribution >= 4 is 44.6 Å². The summed E-state index contributed by atoms with van der Waals surface area (Å²) in [6.45, 7) is 0. The van der Waals surface area contributed by atoms with E-state index in [9.17, 15) is 13.2 Å². The van der Waals surface area contributed by atoms with Gasteiger partial charge in [-0.15, -0.1) is 11.3 Å². The van der Waals surface area contributed by atoms with Crippen molar-refractivity contribution in [2.75, 3.05) is 11.8 Å². The molecule has 0 aliphatic carbocycles. The molecule has 0 radical (unpaired) electrons. The fourth-order valence-corrected chi connectivity index (χ4v) is 3.68. The zero-order chi connectivity index (χ0) is 14.8. The standard InChI is InChI=1S/C12H10ClNO4S2/c1-18-12(15)11-10(5-6-19-11)14-20(16,17)9-4-2-3-8(13)7-9/h2-7,14H,1H3. The van der Waals surface area contributed by atoms with Crippen LogP contribution in [0.4, 0.5) is 5.69 Å². The second-order valence-electron chi connectivity index (χ2n) is 3.72. The summed E-state index contributed by atoms with van der Waals surface area (Å²) in [6, 6.07) is 7.35. The van der Waals surface area contributed by atoms with E-state index in [0.29, 0.717) is 5.02 Å². The minimum Gasteiger partial charge on any atom is -0.465 e. The summed E-state index contributed by atoms with van der Waals surface area (Å²) >= 11 is 6.87. The van der Waals surface area contributed by atoms with Gasteiger partial charge in [-0.1, -0.05) is 17.7 Å². The van der Waals surface area contributed by atoms with Crippen molar-refractivity contribution in [1.82, 2.24) is 0 Å².